The summed E-state index contributed by atoms with van der Waals surface area (Å²) in [5.74, 6) is 0.354. The van der Waals surface area contributed by atoms with Crippen LogP contribution in [-0.4, -0.2) is 50.5 Å². The third-order valence-electron chi connectivity index (χ3n) is 6.10. The van der Waals surface area contributed by atoms with Crippen LogP contribution in [0.4, 0.5) is 5.69 Å². The van der Waals surface area contributed by atoms with Crippen molar-refractivity contribution >= 4 is 17.4 Å². The highest BCUT2D eigenvalue weighted by atomic mass is 32.1. The van der Waals surface area contributed by atoms with E-state index in [-0.39, 0.29) is 11.5 Å². The van der Waals surface area contributed by atoms with E-state index in [0.717, 1.165) is 42.8 Å². The van der Waals surface area contributed by atoms with Crippen LogP contribution in [0.25, 0.3) is 0 Å². The molecule has 0 bridgehead atoms. The highest BCUT2D eigenvalue weighted by molar-refractivity contribution is 7.65. The number of aliphatic hydroxyl groups is 1. The first-order valence-electron chi connectivity index (χ1n) is 11.9. The molecule has 1 fully saturated rings. The summed E-state index contributed by atoms with van der Waals surface area (Å²) in [4.78, 5) is 0.740. The lowest BCUT2D eigenvalue weighted by Gasteiger charge is -2.38. The summed E-state index contributed by atoms with van der Waals surface area (Å²) >= 11 is 0.519. The van der Waals surface area contributed by atoms with E-state index in [1.165, 1.54) is 5.56 Å². The van der Waals surface area contributed by atoms with Crippen molar-refractivity contribution in [2.24, 2.45) is 11.3 Å². The first kappa shape index (κ1) is 26.7. The van der Waals surface area contributed by atoms with E-state index in [9.17, 15) is 9.32 Å². The molecule has 8 heteroatoms. The average molecular weight is 489 g/mol. The molecule has 186 valence electrons. The standard InChI is InChI=1S/C26H38N3O4S/c1-19(12-21-14-22(27)8-9-24(21)34-31)15-28-11-10-23(13-20-6-4-3-5-7-20)29-25(30)33-18-26(2)16-32-17-26/h3-9,14,19,23,25,28-30H,10-13,15-18,27H2,1-2H3/q+1/t19?,23-,25?/m1/s1. The van der Waals surface area contributed by atoms with Crippen molar-refractivity contribution in [3.05, 3.63) is 59.7 Å². The van der Waals surface area contributed by atoms with Crippen LogP contribution in [0.5, 0.6) is 0 Å². The average Bonchev–Trinajstić information content (AvgIpc) is 2.80. The molecule has 3 atom stereocenters. The number of rotatable bonds is 15. The van der Waals surface area contributed by atoms with E-state index in [0.29, 0.717) is 43.1 Å². The Balaban J connectivity index is 1.46. The van der Waals surface area contributed by atoms with E-state index in [1.54, 1.807) is 12.1 Å². The van der Waals surface area contributed by atoms with Crippen LogP contribution >= 0.6 is 0 Å². The Bertz CT molecular complexity index is 895. The number of anilines is 1. The molecule has 2 aromatic carbocycles. The molecule has 0 amide bonds. The van der Waals surface area contributed by atoms with E-state index in [1.807, 2.05) is 24.3 Å². The van der Waals surface area contributed by atoms with Crippen LogP contribution in [0, 0.1) is 11.3 Å². The topological polar surface area (TPSA) is 106 Å². The quantitative estimate of drug-likeness (QED) is 0.132. The SMILES string of the molecule is CC(CNCC[C@H](Cc1ccccc1)NC(O)OCC1(C)COC1)Cc1cc(N)ccc1[S+]=O. The smallest absolute Gasteiger partial charge is 0.399 e. The predicted octanol–water partition coefficient (Wildman–Crippen LogP) is 2.74. The monoisotopic (exact) mass is 488 g/mol. The predicted molar refractivity (Wildman–Crippen MR) is 135 cm³/mol. The zero-order chi connectivity index (χ0) is 24.4. The summed E-state index contributed by atoms with van der Waals surface area (Å²) in [6, 6.07) is 15.8. The van der Waals surface area contributed by atoms with Crippen LogP contribution in [0.1, 0.15) is 31.4 Å². The third-order valence-corrected chi connectivity index (χ3v) is 6.68. The summed E-state index contributed by atoms with van der Waals surface area (Å²) in [5.41, 5.74) is 8.79. The summed E-state index contributed by atoms with van der Waals surface area (Å²) < 4.78 is 22.3. The minimum Gasteiger partial charge on any atom is -0.399 e. The zero-order valence-corrected chi connectivity index (χ0v) is 21.0. The zero-order valence-electron chi connectivity index (χ0n) is 20.2. The molecule has 1 saturated heterocycles. The number of nitrogen functional groups attached to an aromatic ring is 1. The summed E-state index contributed by atoms with van der Waals surface area (Å²) in [6.45, 7) is 7.68. The van der Waals surface area contributed by atoms with Gasteiger partial charge in [0.1, 0.15) is 0 Å². The summed E-state index contributed by atoms with van der Waals surface area (Å²) in [6.07, 6.45) is 1.41. The number of ether oxygens (including phenoxy) is 2. The maximum atomic E-state index is 11.4. The van der Waals surface area contributed by atoms with Gasteiger partial charge in [-0.1, -0.05) is 44.2 Å². The van der Waals surface area contributed by atoms with Gasteiger partial charge < -0.3 is 25.6 Å². The van der Waals surface area contributed by atoms with Crippen molar-refractivity contribution in [1.29, 1.82) is 0 Å². The fraction of sp³-hybridized carbons (Fsp3) is 0.538. The Hall–Kier alpha value is -1.94. The fourth-order valence-corrected chi connectivity index (χ4v) is 4.49. The second-order valence-electron chi connectivity index (χ2n) is 9.77. The van der Waals surface area contributed by atoms with Crippen LogP contribution in [0.2, 0.25) is 0 Å². The highest BCUT2D eigenvalue weighted by Crippen LogP contribution is 2.26. The molecule has 7 nitrogen and oxygen atoms in total. The molecule has 0 spiro atoms. The Morgan fingerprint density at radius 3 is 2.65 bits per heavy atom. The van der Waals surface area contributed by atoms with Crippen molar-refractivity contribution in [2.45, 2.75) is 50.5 Å². The first-order valence-corrected chi connectivity index (χ1v) is 12.7. The second kappa shape index (κ2) is 13.2. The van der Waals surface area contributed by atoms with E-state index >= 15 is 0 Å². The van der Waals surface area contributed by atoms with Gasteiger partial charge in [0.15, 0.2) is 0 Å². The van der Waals surface area contributed by atoms with Crippen molar-refractivity contribution in [3.63, 3.8) is 0 Å². The lowest BCUT2D eigenvalue weighted by atomic mass is 9.90. The number of aliphatic hydroxyl groups excluding tert-OH is 1. The van der Waals surface area contributed by atoms with Gasteiger partial charge >= 0.3 is 11.7 Å². The van der Waals surface area contributed by atoms with E-state index in [2.05, 4.69) is 36.6 Å². The number of benzene rings is 2. The molecule has 1 aliphatic heterocycles. The molecule has 0 saturated carbocycles. The van der Waals surface area contributed by atoms with Crippen molar-refractivity contribution in [1.82, 2.24) is 10.6 Å². The third kappa shape index (κ3) is 8.69. The minimum atomic E-state index is -1.02. The van der Waals surface area contributed by atoms with Gasteiger partial charge in [-0.25, -0.2) is 0 Å². The van der Waals surface area contributed by atoms with Crippen LogP contribution in [-0.2, 0) is 38.2 Å². The molecule has 0 radical (unpaired) electrons. The molecule has 3 rings (SSSR count). The van der Waals surface area contributed by atoms with Gasteiger partial charge in [0.2, 0.25) is 6.41 Å². The molecule has 2 aromatic rings. The number of nitrogens with one attached hydrogen (secondary N) is 2. The maximum Gasteiger partial charge on any atom is 0.505 e. The lowest BCUT2D eigenvalue weighted by molar-refractivity contribution is -0.196. The van der Waals surface area contributed by atoms with E-state index < -0.39 is 6.41 Å². The molecule has 2 unspecified atom stereocenters. The van der Waals surface area contributed by atoms with E-state index in [4.69, 9.17) is 15.2 Å². The molecule has 1 aliphatic rings. The van der Waals surface area contributed by atoms with Gasteiger partial charge in [-0.05, 0) is 56.0 Å². The van der Waals surface area contributed by atoms with Crippen LogP contribution in [0.15, 0.2) is 53.4 Å². The molecule has 0 aromatic heterocycles. The number of nitrogens with two attached hydrogens (primary N) is 1. The van der Waals surface area contributed by atoms with Crippen molar-refractivity contribution < 1.29 is 18.8 Å². The highest BCUT2D eigenvalue weighted by Gasteiger charge is 2.34. The normalized spacial score (nSPS) is 17.5. The Morgan fingerprint density at radius 1 is 1.21 bits per heavy atom. The van der Waals surface area contributed by atoms with Crippen LogP contribution < -0.4 is 16.4 Å². The van der Waals surface area contributed by atoms with Gasteiger partial charge in [0.05, 0.1) is 19.8 Å². The van der Waals surface area contributed by atoms with Gasteiger partial charge in [0.25, 0.3) is 4.90 Å². The van der Waals surface area contributed by atoms with Crippen molar-refractivity contribution in [2.75, 3.05) is 38.6 Å². The Morgan fingerprint density at radius 2 is 1.97 bits per heavy atom. The molecular weight excluding hydrogens is 450 g/mol. The molecule has 0 aliphatic carbocycles. The molecular formula is C26H38N3O4S+. The van der Waals surface area contributed by atoms with Gasteiger partial charge in [-0.15, -0.1) is 0 Å². The minimum absolute atomic E-state index is 0.0108. The fourth-order valence-electron chi connectivity index (χ4n) is 4.12. The number of hydrogen-bond donors (Lipinski definition) is 4. The van der Waals surface area contributed by atoms with Gasteiger partial charge in [0, 0.05) is 33.0 Å². The molecule has 34 heavy (non-hydrogen) atoms. The van der Waals surface area contributed by atoms with Crippen molar-refractivity contribution in [3.8, 4) is 0 Å². The Kier molecular flexibility index (Phi) is 10.4. The first-order chi connectivity index (χ1) is 16.4. The second-order valence-corrected chi connectivity index (χ2v) is 10.4. The largest absolute Gasteiger partial charge is 0.505 e. The molecule has 1 heterocycles. The van der Waals surface area contributed by atoms with Gasteiger partial charge in [-0.3, -0.25) is 5.32 Å². The van der Waals surface area contributed by atoms with Gasteiger partial charge in [-0.2, -0.15) is 0 Å². The molecule has 5 N–H and O–H groups in total. The lowest BCUT2D eigenvalue weighted by Crippen LogP contribution is -2.48. The summed E-state index contributed by atoms with van der Waals surface area (Å²) in [5, 5.41) is 17.2. The summed E-state index contributed by atoms with van der Waals surface area (Å²) in [7, 11) is 0. The maximum absolute atomic E-state index is 11.4. The Labute approximate surface area is 206 Å². The number of hydrogen-bond acceptors (Lipinski definition) is 7. The van der Waals surface area contributed by atoms with Crippen LogP contribution in [0.3, 0.4) is 0 Å².